The van der Waals surface area contributed by atoms with Gasteiger partial charge >= 0.3 is 0 Å². The summed E-state index contributed by atoms with van der Waals surface area (Å²) in [5.74, 6) is 0.731. The number of rotatable bonds is 6. The zero-order chi connectivity index (χ0) is 13.5. The lowest BCUT2D eigenvalue weighted by Gasteiger charge is -2.12. The number of benzene rings is 1. The van der Waals surface area contributed by atoms with Crippen LogP contribution < -0.4 is 15.8 Å². The predicted octanol–water partition coefficient (Wildman–Crippen LogP) is 2.20. The molecule has 0 saturated heterocycles. The molecule has 0 aliphatic heterocycles. The van der Waals surface area contributed by atoms with Gasteiger partial charge in [0.2, 0.25) is 5.91 Å². The van der Waals surface area contributed by atoms with Crippen LogP contribution in [0.1, 0.15) is 25.8 Å². The molecule has 1 rings (SSSR count). The molecule has 0 unspecified atom stereocenters. The van der Waals surface area contributed by atoms with Gasteiger partial charge in [-0.15, -0.1) is 0 Å². The molecule has 3 N–H and O–H groups in total. The Hall–Kier alpha value is -1.07. The molecular formula is C13H19BrN2O2. The van der Waals surface area contributed by atoms with Gasteiger partial charge < -0.3 is 15.8 Å². The summed E-state index contributed by atoms with van der Waals surface area (Å²) in [5.41, 5.74) is 6.56. The maximum atomic E-state index is 11.4. The van der Waals surface area contributed by atoms with Crippen LogP contribution >= 0.6 is 15.9 Å². The second kappa shape index (κ2) is 7.38. The highest BCUT2D eigenvalue weighted by atomic mass is 79.9. The topological polar surface area (TPSA) is 64.3 Å². The van der Waals surface area contributed by atoms with Gasteiger partial charge in [0.25, 0.3) is 0 Å². The van der Waals surface area contributed by atoms with Crippen LogP contribution in [-0.4, -0.2) is 18.6 Å². The molecule has 0 aliphatic carbocycles. The Balaban J connectivity index is 2.46. The molecule has 1 amide bonds. The third-order valence-electron chi connectivity index (χ3n) is 2.28. The Morgan fingerprint density at radius 2 is 2.22 bits per heavy atom. The normalized spacial score (nSPS) is 10.5. The number of carbonyl (C=O) groups excluding carboxylic acids is 1. The highest BCUT2D eigenvalue weighted by Crippen LogP contribution is 2.22. The van der Waals surface area contributed by atoms with Crippen molar-refractivity contribution in [3.05, 3.63) is 28.2 Å². The van der Waals surface area contributed by atoms with E-state index in [4.69, 9.17) is 10.5 Å². The number of ether oxygens (including phenoxy) is 1. The third kappa shape index (κ3) is 5.06. The van der Waals surface area contributed by atoms with E-state index < -0.39 is 0 Å². The predicted molar refractivity (Wildman–Crippen MR) is 75.4 cm³/mol. The van der Waals surface area contributed by atoms with Crippen LogP contribution in [0.25, 0.3) is 0 Å². The number of hydrogen-bond acceptors (Lipinski definition) is 3. The van der Waals surface area contributed by atoms with Crippen molar-refractivity contribution in [2.75, 3.05) is 6.61 Å². The maximum absolute atomic E-state index is 11.4. The van der Waals surface area contributed by atoms with Crippen molar-refractivity contribution in [2.45, 2.75) is 32.9 Å². The van der Waals surface area contributed by atoms with E-state index in [0.29, 0.717) is 19.6 Å². The first kappa shape index (κ1) is 15.0. The number of nitrogens with one attached hydrogen (secondary N) is 1. The molecule has 1 aromatic rings. The summed E-state index contributed by atoms with van der Waals surface area (Å²) < 4.78 is 6.54. The number of hydrogen-bond donors (Lipinski definition) is 2. The van der Waals surface area contributed by atoms with E-state index in [9.17, 15) is 4.79 Å². The molecule has 5 heteroatoms. The second-order valence-electron chi connectivity index (χ2n) is 4.28. The zero-order valence-corrected chi connectivity index (χ0v) is 12.3. The number of nitrogens with two attached hydrogens (primary N) is 1. The van der Waals surface area contributed by atoms with Gasteiger partial charge in [-0.2, -0.15) is 0 Å². The van der Waals surface area contributed by atoms with Gasteiger partial charge in [-0.25, -0.2) is 0 Å². The van der Waals surface area contributed by atoms with E-state index in [2.05, 4.69) is 21.2 Å². The van der Waals surface area contributed by atoms with Crippen molar-refractivity contribution in [1.29, 1.82) is 0 Å². The van der Waals surface area contributed by atoms with Crippen LogP contribution in [0.4, 0.5) is 0 Å². The quantitative estimate of drug-likeness (QED) is 0.846. The van der Waals surface area contributed by atoms with E-state index in [1.165, 1.54) is 0 Å². The minimum Gasteiger partial charge on any atom is -0.493 e. The van der Waals surface area contributed by atoms with Crippen molar-refractivity contribution < 1.29 is 9.53 Å². The largest absolute Gasteiger partial charge is 0.493 e. The standard InChI is InChI=1S/C13H19BrN2O2/c1-9(2)16-13(17)5-6-18-12-4-3-11(14)7-10(12)8-15/h3-4,7,9H,5-6,8,15H2,1-2H3,(H,16,17). The fourth-order valence-electron chi connectivity index (χ4n) is 1.50. The van der Waals surface area contributed by atoms with Crippen LogP contribution in [-0.2, 0) is 11.3 Å². The molecule has 0 bridgehead atoms. The molecule has 0 spiro atoms. The highest BCUT2D eigenvalue weighted by molar-refractivity contribution is 9.10. The van der Waals surface area contributed by atoms with Crippen LogP contribution in [0, 0.1) is 0 Å². The van der Waals surface area contributed by atoms with Crippen molar-refractivity contribution in [2.24, 2.45) is 5.73 Å². The van der Waals surface area contributed by atoms with Crippen LogP contribution in [0.3, 0.4) is 0 Å². The Morgan fingerprint density at radius 1 is 1.50 bits per heavy atom. The molecule has 0 heterocycles. The lowest BCUT2D eigenvalue weighted by atomic mass is 10.2. The fraction of sp³-hybridized carbons (Fsp3) is 0.462. The SMILES string of the molecule is CC(C)NC(=O)CCOc1ccc(Br)cc1CN. The highest BCUT2D eigenvalue weighted by Gasteiger charge is 2.06. The third-order valence-corrected chi connectivity index (χ3v) is 2.77. The first-order valence-corrected chi connectivity index (χ1v) is 6.73. The molecule has 1 aromatic carbocycles. The van der Waals surface area contributed by atoms with Gasteiger partial charge in [0.05, 0.1) is 13.0 Å². The van der Waals surface area contributed by atoms with Gasteiger partial charge in [-0.05, 0) is 32.0 Å². The van der Waals surface area contributed by atoms with Gasteiger partial charge in [-0.3, -0.25) is 4.79 Å². The molecule has 18 heavy (non-hydrogen) atoms. The molecule has 0 aliphatic rings. The van der Waals surface area contributed by atoms with Gasteiger partial charge in [0, 0.05) is 22.6 Å². The Morgan fingerprint density at radius 3 is 2.83 bits per heavy atom. The summed E-state index contributed by atoms with van der Waals surface area (Å²) in [7, 11) is 0. The first-order valence-electron chi connectivity index (χ1n) is 5.93. The van der Waals surface area contributed by atoms with Crippen molar-refractivity contribution >= 4 is 21.8 Å². The monoisotopic (exact) mass is 314 g/mol. The lowest BCUT2D eigenvalue weighted by Crippen LogP contribution is -2.31. The summed E-state index contributed by atoms with van der Waals surface area (Å²) >= 11 is 3.38. The molecule has 0 aromatic heterocycles. The van der Waals surface area contributed by atoms with Crippen molar-refractivity contribution in [3.63, 3.8) is 0 Å². The van der Waals surface area contributed by atoms with Crippen LogP contribution in [0.2, 0.25) is 0 Å². The second-order valence-corrected chi connectivity index (χ2v) is 5.19. The summed E-state index contributed by atoms with van der Waals surface area (Å²) in [4.78, 5) is 11.4. The zero-order valence-electron chi connectivity index (χ0n) is 10.7. The Labute approximate surface area is 116 Å². The summed E-state index contributed by atoms with van der Waals surface area (Å²) in [6, 6.07) is 5.82. The van der Waals surface area contributed by atoms with Crippen molar-refractivity contribution in [3.8, 4) is 5.75 Å². The molecular weight excluding hydrogens is 296 g/mol. The van der Waals surface area contributed by atoms with Crippen LogP contribution in [0.15, 0.2) is 22.7 Å². The summed E-state index contributed by atoms with van der Waals surface area (Å²) in [6.45, 7) is 4.63. The van der Waals surface area contributed by atoms with Crippen molar-refractivity contribution in [1.82, 2.24) is 5.32 Å². The van der Waals surface area contributed by atoms with Gasteiger partial charge in [0.15, 0.2) is 0 Å². The Kier molecular flexibility index (Phi) is 6.15. The maximum Gasteiger partial charge on any atom is 0.223 e. The summed E-state index contributed by atoms with van der Waals surface area (Å²) in [5, 5.41) is 2.82. The lowest BCUT2D eigenvalue weighted by molar-refractivity contribution is -0.122. The van der Waals surface area contributed by atoms with E-state index >= 15 is 0 Å². The number of halogens is 1. The number of amides is 1. The minimum atomic E-state index is -0.00332. The van der Waals surface area contributed by atoms with Gasteiger partial charge in [0.1, 0.15) is 5.75 Å². The van der Waals surface area contributed by atoms with E-state index in [1.54, 1.807) is 0 Å². The molecule has 100 valence electrons. The molecule has 0 saturated carbocycles. The Bertz CT molecular complexity index is 408. The summed E-state index contributed by atoms with van der Waals surface area (Å²) in [6.07, 6.45) is 0.345. The van der Waals surface area contributed by atoms with Crippen LogP contribution in [0.5, 0.6) is 5.75 Å². The smallest absolute Gasteiger partial charge is 0.223 e. The molecule has 0 radical (unpaired) electrons. The molecule has 0 atom stereocenters. The first-order chi connectivity index (χ1) is 8.52. The number of carbonyl (C=O) groups is 1. The molecule has 0 fully saturated rings. The average molecular weight is 315 g/mol. The average Bonchev–Trinajstić information content (AvgIpc) is 2.30. The van der Waals surface area contributed by atoms with E-state index in [0.717, 1.165) is 15.8 Å². The molecule has 4 nitrogen and oxygen atoms in total. The fourth-order valence-corrected chi connectivity index (χ4v) is 1.90. The van der Waals surface area contributed by atoms with E-state index in [1.807, 2.05) is 32.0 Å². The minimum absolute atomic E-state index is 0.00332. The van der Waals surface area contributed by atoms with E-state index in [-0.39, 0.29) is 11.9 Å². The van der Waals surface area contributed by atoms with Gasteiger partial charge in [-0.1, -0.05) is 15.9 Å².